The molecule has 0 radical (unpaired) electrons. The van der Waals surface area contributed by atoms with Crippen molar-refractivity contribution in [3.63, 3.8) is 0 Å². The minimum Gasteiger partial charge on any atom is -0.366 e. The molecule has 1 aromatic rings. The van der Waals surface area contributed by atoms with Crippen molar-refractivity contribution in [2.45, 2.75) is 45.2 Å². The summed E-state index contributed by atoms with van der Waals surface area (Å²) in [4.78, 5) is 12.6. The number of rotatable bonds is 2. The number of nitrogens with zero attached hydrogens (tertiary/aromatic N) is 2. The molecule has 1 aromatic carbocycles. The first kappa shape index (κ1) is 11.9. The van der Waals surface area contributed by atoms with Crippen molar-refractivity contribution < 1.29 is 4.92 Å². The molecule has 0 aliphatic carbocycles. The Hall–Kier alpha value is -1.58. The van der Waals surface area contributed by atoms with Gasteiger partial charge in [0.05, 0.1) is 4.92 Å². The molecule has 1 saturated heterocycles. The lowest BCUT2D eigenvalue weighted by atomic mass is 9.96. The Kier molecular flexibility index (Phi) is 3.31. The summed E-state index contributed by atoms with van der Waals surface area (Å²) < 4.78 is 0. The molecule has 0 bridgehead atoms. The van der Waals surface area contributed by atoms with Gasteiger partial charge in [0.25, 0.3) is 5.69 Å². The lowest BCUT2D eigenvalue weighted by Gasteiger charge is -2.40. The Balaban J connectivity index is 2.23. The summed E-state index contributed by atoms with van der Waals surface area (Å²) in [5.74, 6) is 0. The van der Waals surface area contributed by atoms with Crippen LogP contribution in [0.2, 0.25) is 0 Å². The minimum atomic E-state index is -0.354. The van der Waals surface area contributed by atoms with E-state index in [0.717, 1.165) is 5.69 Å². The van der Waals surface area contributed by atoms with E-state index in [1.807, 2.05) is 12.1 Å². The molecule has 0 saturated carbocycles. The number of non-ortho nitro benzene ring substituents is 1. The molecule has 0 amide bonds. The number of anilines is 1. The lowest BCUT2D eigenvalue weighted by Crippen LogP contribution is -2.43. The second kappa shape index (κ2) is 4.73. The number of nitro groups is 1. The molecule has 17 heavy (non-hydrogen) atoms. The van der Waals surface area contributed by atoms with E-state index in [-0.39, 0.29) is 10.6 Å². The Morgan fingerprint density at radius 1 is 1.18 bits per heavy atom. The zero-order valence-electron chi connectivity index (χ0n) is 10.3. The molecule has 4 heteroatoms. The fraction of sp³-hybridized carbons (Fsp3) is 0.538. The lowest BCUT2D eigenvalue weighted by molar-refractivity contribution is -0.384. The Bertz CT molecular complexity index is 392. The van der Waals surface area contributed by atoms with Gasteiger partial charge in [-0.05, 0) is 45.2 Å². The van der Waals surface area contributed by atoms with Gasteiger partial charge in [0.2, 0.25) is 0 Å². The second-order valence-electron chi connectivity index (χ2n) is 4.81. The average Bonchev–Trinajstić information content (AvgIpc) is 2.29. The smallest absolute Gasteiger partial charge is 0.269 e. The van der Waals surface area contributed by atoms with Crippen molar-refractivity contribution in [2.75, 3.05) is 4.90 Å². The van der Waals surface area contributed by atoms with Crippen LogP contribution in [0.3, 0.4) is 0 Å². The topological polar surface area (TPSA) is 46.4 Å². The summed E-state index contributed by atoms with van der Waals surface area (Å²) in [7, 11) is 0. The molecule has 4 nitrogen and oxygen atoms in total. The zero-order valence-corrected chi connectivity index (χ0v) is 10.3. The molecular weight excluding hydrogens is 216 g/mol. The summed E-state index contributed by atoms with van der Waals surface area (Å²) >= 11 is 0. The molecule has 1 fully saturated rings. The molecule has 2 unspecified atom stereocenters. The third-order valence-corrected chi connectivity index (χ3v) is 3.55. The number of benzene rings is 1. The molecule has 1 heterocycles. The van der Waals surface area contributed by atoms with Gasteiger partial charge >= 0.3 is 0 Å². The van der Waals surface area contributed by atoms with E-state index in [1.54, 1.807) is 12.1 Å². The van der Waals surface area contributed by atoms with Crippen LogP contribution in [0.5, 0.6) is 0 Å². The van der Waals surface area contributed by atoms with Gasteiger partial charge in [-0.3, -0.25) is 10.1 Å². The summed E-state index contributed by atoms with van der Waals surface area (Å²) in [6.07, 6.45) is 3.66. The van der Waals surface area contributed by atoms with Crippen LogP contribution in [0.15, 0.2) is 24.3 Å². The van der Waals surface area contributed by atoms with Crippen molar-refractivity contribution >= 4 is 11.4 Å². The van der Waals surface area contributed by atoms with Gasteiger partial charge in [-0.1, -0.05) is 0 Å². The van der Waals surface area contributed by atoms with Crippen molar-refractivity contribution in [1.29, 1.82) is 0 Å². The highest BCUT2D eigenvalue weighted by Gasteiger charge is 2.24. The number of hydrogen-bond donors (Lipinski definition) is 0. The highest BCUT2D eigenvalue weighted by molar-refractivity contribution is 5.52. The normalized spacial score (nSPS) is 24.7. The molecule has 1 aliphatic heterocycles. The van der Waals surface area contributed by atoms with Gasteiger partial charge in [0, 0.05) is 29.9 Å². The fourth-order valence-corrected chi connectivity index (χ4v) is 2.68. The van der Waals surface area contributed by atoms with Gasteiger partial charge in [-0.15, -0.1) is 0 Å². The van der Waals surface area contributed by atoms with Crippen LogP contribution in [0.25, 0.3) is 0 Å². The van der Waals surface area contributed by atoms with Crippen LogP contribution >= 0.6 is 0 Å². The van der Waals surface area contributed by atoms with Crippen LogP contribution in [-0.4, -0.2) is 17.0 Å². The third-order valence-electron chi connectivity index (χ3n) is 3.55. The van der Waals surface area contributed by atoms with Gasteiger partial charge in [0.15, 0.2) is 0 Å². The monoisotopic (exact) mass is 234 g/mol. The average molecular weight is 234 g/mol. The standard InChI is InChI=1S/C13H18N2O2/c1-10-4-3-5-11(2)14(10)12-6-8-13(9-7-12)15(16)17/h6-11H,3-5H2,1-2H3. The first-order valence-corrected chi connectivity index (χ1v) is 6.12. The van der Waals surface area contributed by atoms with Crippen molar-refractivity contribution in [1.82, 2.24) is 0 Å². The Morgan fingerprint density at radius 2 is 1.71 bits per heavy atom. The zero-order chi connectivity index (χ0) is 12.4. The SMILES string of the molecule is CC1CCCC(C)N1c1ccc([N+](=O)[O-])cc1. The summed E-state index contributed by atoms with van der Waals surface area (Å²) in [5.41, 5.74) is 1.25. The minimum absolute atomic E-state index is 0.158. The number of nitro benzene ring substituents is 1. The van der Waals surface area contributed by atoms with Crippen molar-refractivity contribution in [3.8, 4) is 0 Å². The van der Waals surface area contributed by atoms with Gasteiger partial charge in [-0.2, -0.15) is 0 Å². The second-order valence-corrected chi connectivity index (χ2v) is 4.81. The van der Waals surface area contributed by atoms with Crippen LogP contribution < -0.4 is 4.90 Å². The Labute approximate surface area is 101 Å². The Morgan fingerprint density at radius 3 is 2.18 bits per heavy atom. The van der Waals surface area contributed by atoms with Crippen LogP contribution in [0, 0.1) is 10.1 Å². The van der Waals surface area contributed by atoms with E-state index in [4.69, 9.17) is 0 Å². The maximum atomic E-state index is 10.6. The number of hydrogen-bond acceptors (Lipinski definition) is 3. The highest BCUT2D eigenvalue weighted by atomic mass is 16.6. The van der Waals surface area contributed by atoms with E-state index in [1.165, 1.54) is 19.3 Å². The summed E-state index contributed by atoms with van der Waals surface area (Å²) in [5, 5.41) is 10.6. The molecule has 92 valence electrons. The maximum Gasteiger partial charge on any atom is 0.269 e. The van der Waals surface area contributed by atoms with Gasteiger partial charge in [-0.25, -0.2) is 0 Å². The first-order valence-electron chi connectivity index (χ1n) is 6.12. The first-order chi connectivity index (χ1) is 8.09. The van der Waals surface area contributed by atoms with E-state index in [9.17, 15) is 10.1 Å². The third kappa shape index (κ3) is 2.40. The molecule has 2 atom stereocenters. The van der Waals surface area contributed by atoms with Crippen LogP contribution in [0.4, 0.5) is 11.4 Å². The quantitative estimate of drug-likeness (QED) is 0.582. The predicted molar refractivity (Wildman–Crippen MR) is 68.4 cm³/mol. The fourth-order valence-electron chi connectivity index (χ4n) is 2.68. The molecule has 0 spiro atoms. The number of piperidine rings is 1. The largest absolute Gasteiger partial charge is 0.366 e. The van der Waals surface area contributed by atoms with E-state index in [2.05, 4.69) is 18.7 Å². The van der Waals surface area contributed by atoms with E-state index >= 15 is 0 Å². The summed E-state index contributed by atoms with van der Waals surface area (Å²) in [6, 6.07) is 7.92. The molecule has 2 rings (SSSR count). The highest BCUT2D eigenvalue weighted by Crippen LogP contribution is 2.29. The van der Waals surface area contributed by atoms with Crippen LogP contribution in [0.1, 0.15) is 33.1 Å². The van der Waals surface area contributed by atoms with Gasteiger partial charge in [0.1, 0.15) is 0 Å². The molecule has 1 aliphatic rings. The molecule has 0 N–H and O–H groups in total. The van der Waals surface area contributed by atoms with Gasteiger partial charge < -0.3 is 4.90 Å². The molecule has 0 aromatic heterocycles. The van der Waals surface area contributed by atoms with Crippen LogP contribution in [-0.2, 0) is 0 Å². The molecular formula is C13H18N2O2. The van der Waals surface area contributed by atoms with E-state index in [0.29, 0.717) is 12.1 Å². The summed E-state index contributed by atoms with van der Waals surface area (Å²) in [6.45, 7) is 4.44. The van der Waals surface area contributed by atoms with Crippen molar-refractivity contribution in [3.05, 3.63) is 34.4 Å². The maximum absolute atomic E-state index is 10.6. The van der Waals surface area contributed by atoms with E-state index < -0.39 is 0 Å². The van der Waals surface area contributed by atoms with Crippen molar-refractivity contribution in [2.24, 2.45) is 0 Å². The predicted octanol–water partition coefficient (Wildman–Crippen LogP) is 3.36.